The predicted molar refractivity (Wildman–Crippen MR) is 124 cm³/mol. The number of aromatic amines is 1. The highest BCUT2D eigenvalue weighted by molar-refractivity contribution is 5.91. The summed E-state index contributed by atoms with van der Waals surface area (Å²) in [5, 5.41) is 14.9. The van der Waals surface area contributed by atoms with Gasteiger partial charge in [-0.3, -0.25) is 20.0 Å². The Balaban J connectivity index is 1.93. The fourth-order valence-corrected chi connectivity index (χ4v) is 3.83. The molecule has 0 amide bonds. The van der Waals surface area contributed by atoms with Crippen molar-refractivity contribution in [3.8, 4) is 33.6 Å². The van der Waals surface area contributed by atoms with E-state index in [9.17, 15) is 14.9 Å². The van der Waals surface area contributed by atoms with E-state index in [4.69, 9.17) is 0 Å². The summed E-state index contributed by atoms with van der Waals surface area (Å²) < 4.78 is 1.17. The molecule has 2 aromatic heterocycles. The molecule has 0 spiro atoms. The maximum atomic E-state index is 13.3. The van der Waals surface area contributed by atoms with Gasteiger partial charge in [-0.2, -0.15) is 4.52 Å². The highest BCUT2D eigenvalue weighted by atomic mass is 16.6. The largest absolute Gasteiger partial charge is 0.361 e. The fourth-order valence-electron chi connectivity index (χ4n) is 3.83. The second kappa shape index (κ2) is 7.63. The molecule has 0 bridgehead atoms. The summed E-state index contributed by atoms with van der Waals surface area (Å²) in [4.78, 5) is 29.2. The Kier molecular flexibility index (Phi) is 4.63. The van der Waals surface area contributed by atoms with Crippen LogP contribution in [0.3, 0.4) is 0 Å². The van der Waals surface area contributed by atoms with Crippen molar-refractivity contribution in [1.82, 2.24) is 14.6 Å². The lowest BCUT2D eigenvalue weighted by Crippen LogP contribution is -2.20. The first kappa shape index (κ1) is 19.4. The highest BCUT2D eigenvalue weighted by Gasteiger charge is 2.28. The Bertz CT molecular complexity index is 1500. The molecular formula is C25H18N4O3. The second-order valence-electron chi connectivity index (χ2n) is 7.49. The van der Waals surface area contributed by atoms with Gasteiger partial charge in [0.25, 0.3) is 0 Å². The average Bonchev–Trinajstić information content (AvgIpc) is 3.20. The molecule has 0 saturated carbocycles. The van der Waals surface area contributed by atoms with Crippen LogP contribution in [0.25, 0.3) is 39.3 Å². The van der Waals surface area contributed by atoms with Crippen molar-refractivity contribution in [2.75, 3.05) is 0 Å². The smallest absolute Gasteiger partial charge is 0.288 e. The van der Waals surface area contributed by atoms with E-state index >= 15 is 0 Å². The van der Waals surface area contributed by atoms with Gasteiger partial charge in [-0.1, -0.05) is 90.5 Å². The Labute approximate surface area is 182 Å². The standard InChI is InChI=1S/C25H18N4O3/c1-16-12-14-17(15-13-16)20-21(18-8-4-2-5-9-18)27-28-24(20)26-22(19-10-6-3-7-11-19)23(25(28)30)29(31)32/h2-15,27H,1H3. The molecule has 2 heterocycles. The van der Waals surface area contributed by atoms with Crippen LogP contribution >= 0.6 is 0 Å². The SMILES string of the molecule is Cc1ccc(-c2c(-c3ccccc3)[nH]n3c(=O)c([N+](=O)[O-])c(-c4ccccc4)nc23)cc1. The molecule has 0 radical (unpaired) electrons. The summed E-state index contributed by atoms with van der Waals surface area (Å²) in [5.74, 6) is 0. The van der Waals surface area contributed by atoms with E-state index in [-0.39, 0.29) is 5.69 Å². The van der Waals surface area contributed by atoms with Crippen LogP contribution in [0.15, 0.2) is 89.7 Å². The summed E-state index contributed by atoms with van der Waals surface area (Å²) in [6, 6.07) is 26.2. The molecule has 1 N–H and O–H groups in total. The molecule has 32 heavy (non-hydrogen) atoms. The average molecular weight is 422 g/mol. The third-order valence-electron chi connectivity index (χ3n) is 5.39. The van der Waals surface area contributed by atoms with Crippen molar-refractivity contribution >= 4 is 11.3 Å². The molecular weight excluding hydrogens is 404 g/mol. The second-order valence-corrected chi connectivity index (χ2v) is 7.49. The van der Waals surface area contributed by atoms with Crippen LogP contribution in [0.1, 0.15) is 5.56 Å². The first-order valence-electron chi connectivity index (χ1n) is 10.1. The molecule has 0 aliphatic carbocycles. The van der Waals surface area contributed by atoms with Crippen molar-refractivity contribution in [3.05, 3.63) is 111 Å². The van der Waals surface area contributed by atoms with E-state index in [1.165, 1.54) is 4.52 Å². The Morgan fingerprint density at radius 3 is 2.03 bits per heavy atom. The number of nitrogens with zero attached hydrogens (tertiary/aromatic N) is 3. The molecule has 0 aliphatic rings. The number of fused-ring (bicyclic) bond motifs is 1. The number of benzene rings is 3. The Morgan fingerprint density at radius 1 is 0.844 bits per heavy atom. The van der Waals surface area contributed by atoms with Gasteiger partial charge >= 0.3 is 11.2 Å². The van der Waals surface area contributed by atoms with Crippen LogP contribution in [-0.4, -0.2) is 19.5 Å². The molecule has 0 unspecified atom stereocenters. The summed E-state index contributed by atoms with van der Waals surface area (Å²) in [5.41, 5.74) is 3.75. The van der Waals surface area contributed by atoms with Gasteiger partial charge in [0.05, 0.1) is 16.2 Å². The van der Waals surface area contributed by atoms with Gasteiger partial charge in [-0.25, -0.2) is 4.98 Å². The van der Waals surface area contributed by atoms with Crippen molar-refractivity contribution in [1.29, 1.82) is 0 Å². The molecule has 156 valence electrons. The summed E-state index contributed by atoms with van der Waals surface area (Å²) in [6.45, 7) is 2.00. The van der Waals surface area contributed by atoms with E-state index < -0.39 is 16.2 Å². The van der Waals surface area contributed by atoms with Crippen molar-refractivity contribution < 1.29 is 4.92 Å². The van der Waals surface area contributed by atoms with E-state index in [0.29, 0.717) is 22.5 Å². The minimum absolute atomic E-state index is 0.0487. The van der Waals surface area contributed by atoms with E-state index in [2.05, 4.69) is 10.1 Å². The highest BCUT2D eigenvalue weighted by Crippen LogP contribution is 2.36. The van der Waals surface area contributed by atoms with Crippen LogP contribution in [0, 0.1) is 17.0 Å². The topological polar surface area (TPSA) is 93.3 Å². The first-order chi connectivity index (χ1) is 15.5. The summed E-state index contributed by atoms with van der Waals surface area (Å²) in [7, 11) is 0. The molecule has 0 saturated heterocycles. The number of nitro groups is 1. The van der Waals surface area contributed by atoms with Gasteiger partial charge in [0.15, 0.2) is 11.3 Å². The van der Waals surface area contributed by atoms with Gasteiger partial charge in [0.2, 0.25) is 0 Å². The molecule has 3 aromatic carbocycles. The number of hydrogen-bond acceptors (Lipinski definition) is 4. The summed E-state index contributed by atoms with van der Waals surface area (Å²) in [6.07, 6.45) is 0. The molecule has 5 aromatic rings. The number of aryl methyl sites for hydroxylation is 1. The zero-order valence-corrected chi connectivity index (χ0v) is 17.1. The summed E-state index contributed by atoms with van der Waals surface area (Å²) >= 11 is 0. The maximum Gasteiger partial charge on any atom is 0.361 e. The molecule has 7 heteroatoms. The van der Waals surface area contributed by atoms with Gasteiger partial charge in [-0.15, -0.1) is 0 Å². The van der Waals surface area contributed by atoms with Crippen LogP contribution in [-0.2, 0) is 0 Å². The lowest BCUT2D eigenvalue weighted by atomic mass is 10.00. The minimum atomic E-state index is -0.755. The quantitative estimate of drug-likeness (QED) is 0.317. The molecule has 0 atom stereocenters. The van der Waals surface area contributed by atoms with Crippen LogP contribution < -0.4 is 5.56 Å². The van der Waals surface area contributed by atoms with Gasteiger partial charge in [-0.05, 0) is 12.5 Å². The van der Waals surface area contributed by atoms with Crippen LogP contribution in [0.2, 0.25) is 0 Å². The van der Waals surface area contributed by atoms with E-state index in [1.807, 2.05) is 67.6 Å². The lowest BCUT2D eigenvalue weighted by Gasteiger charge is -2.06. The van der Waals surface area contributed by atoms with Gasteiger partial charge in [0.1, 0.15) is 0 Å². The maximum absolute atomic E-state index is 13.3. The first-order valence-corrected chi connectivity index (χ1v) is 10.1. The van der Waals surface area contributed by atoms with Gasteiger partial charge < -0.3 is 0 Å². The van der Waals surface area contributed by atoms with Crippen LogP contribution in [0.5, 0.6) is 0 Å². The van der Waals surface area contributed by atoms with Crippen molar-refractivity contribution in [2.24, 2.45) is 0 Å². The van der Waals surface area contributed by atoms with Crippen molar-refractivity contribution in [2.45, 2.75) is 6.92 Å². The van der Waals surface area contributed by atoms with Crippen molar-refractivity contribution in [3.63, 3.8) is 0 Å². The number of nitrogens with one attached hydrogen (secondary N) is 1. The molecule has 7 nitrogen and oxygen atoms in total. The number of H-pyrrole nitrogens is 1. The molecule has 5 rings (SSSR count). The predicted octanol–water partition coefficient (Wildman–Crippen LogP) is 5.24. The number of rotatable bonds is 4. The molecule has 0 fully saturated rings. The third kappa shape index (κ3) is 3.16. The Hall–Kier alpha value is -4.52. The number of aromatic nitrogens is 3. The lowest BCUT2D eigenvalue weighted by molar-refractivity contribution is -0.385. The third-order valence-corrected chi connectivity index (χ3v) is 5.39. The molecule has 0 aliphatic heterocycles. The fraction of sp³-hybridized carbons (Fsp3) is 0.0400. The monoisotopic (exact) mass is 422 g/mol. The minimum Gasteiger partial charge on any atom is -0.288 e. The van der Waals surface area contributed by atoms with E-state index in [0.717, 1.165) is 16.7 Å². The Morgan fingerprint density at radius 2 is 1.44 bits per heavy atom. The normalized spacial score (nSPS) is 11.0. The van der Waals surface area contributed by atoms with E-state index in [1.54, 1.807) is 24.3 Å². The zero-order chi connectivity index (χ0) is 22.2. The number of hydrogen-bond donors (Lipinski definition) is 1. The van der Waals surface area contributed by atoms with Crippen LogP contribution in [0.4, 0.5) is 5.69 Å². The zero-order valence-electron chi connectivity index (χ0n) is 17.1. The van der Waals surface area contributed by atoms with Gasteiger partial charge in [0, 0.05) is 11.1 Å².